The minimum atomic E-state index is -0.372. The van der Waals surface area contributed by atoms with Gasteiger partial charge in [0.2, 0.25) is 0 Å². The molecule has 0 N–H and O–H groups in total. The highest BCUT2D eigenvalue weighted by Gasteiger charge is 2.52. The molecule has 2 heterocycles. The molecule has 0 bridgehead atoms. The molecule has 0 radical (unpaired) electrons. The predicted octanol–water partition coefficient (Wildman–Crippen LogP) is 8.12. The van der Waals surface area contributed by atoms with Crippen molar-refractivity contribution < 1.29 is 0 Å². The molecule has 1 heteroatoms. The Morgan fingerprint density at radius 2 is 0.971 bits per heavy atom. The van der Waals surface area contributed by atoms with E-state index in [4.69, 9.17) is 0 Å². The highest BCUT2D eigenvalue weighted by molar-refractivity contribution is 6.12. The Morgan fingerprint density at radius 1 is 0.457 bits per heavy atom. The van der Waals surface area contributed by atoms with Gasteiger partial charge in [0.25, 0.3) is 0 Å². The van der Waals surface area contributed by atoms with Gasteiger partial charge in [-0.15, -0.1) is 0 Å². The first-order valence-corrected chi connectivity index (χ1v) is 12.5. The number of benzene rings is 5. The molecule has 35 heavy (non-hydrogen) atoms. The minimum Gasteiger partial charge on any atom is -0.309 e. The molecule has 0 atom stereocenters. The molecular formula is C34H25N. The molecule has 8 rings (SSSR count). The van der Waals surface area contributed by atoms with Crippen molar-refractivity contribution in [1.82, 2.24) is 4.57 Å². The summed E-state index contributed by atoms with van der Waals surface area (Å²) in [6.45, 7) is 4.76. The van der Waals surface area contributed by atoms with Crippen molar-refractivity contribution >= 4 is 21.8 Å². The molecule has 0 unspecified atom stereocenters. The van der Waals surface area contributed by atoms with Crippen LogP contribution in [0.25, 0.3) is 27.5 Å². The second kappa shape index (κ2) is 6.31. The second-order valence-corrected chi connectivity index (χ2v) is 10.5. The van der Waals surface area contributed by atoms with E-state index in [1.54, 1.807) is 0 Å². The van der Waals surface area contributed by atoms with Crippen LogP contribution in [0.1, 0.15) is 47.2 Å². The summed E-state index contributed by atoms with van der Waals surface area (Å²) in [5.74, 6) is 0. The van der Waals surface area contributed by atoms with Gasteiger partial charge in [0, 0.05) is 16.2 Å². The zero-order valence-electron chi connectivity index (χ0n) is 19.9. The van der Waals surface area contributed by atoms with Crippen molar-refractivity contribution in [3.63, 3.8) is 0 Å². The molecule has 1 aromatic heterocycles. The fourth-order valence-corrected chi connectivity index (χ4v) is 7.28. The van der Waals surface area contributed by atoms with Crippen LogP contribution in [0.4, 0.5) is 0 Å². The SMILES string of the molecule is CC1(C)c2ccccc2C2(c3ccccc3-n3c4ccccc4c4cccc2c43)c2ccccc21. The van der Waals surface area contributed by atoms with Gasteiger partial charge in [-0.05, 0) is 45.5 Å². The van der Waals surface area contributed by atoms with Gasteiger partial charge in [-0.3, -0.25) is 0 Å². The lowest BCUT2D eigenvalue weighted by atomic mass is 9.53. The van der Waals surface area contributed by atoms with E-state index >= 15 is 0 Å². The van der Waals surface area contributed by atoms with Crippen molar-refractivity contribution in [2.24, 2.45) is 0 Å². The second-order valence-electron chi connectivity index (χ2n) is 10.5. The van der Waals surface area contributed by atoms with Gasteiger partial charge in [0.15, 0.2) is 0 Å². The molecule has 1 nitrogen and oxygen atoms in total. The van der Waals surface area contributed by atoms with Crippen molar-refractivity contribution in [1.29, 1.82) is 0 Å². The molecule has 0 saturated heterocycles. The summed E-state index contributed by atoms with van der Waals surface area (Å²) in [4.78, 5) is 0. The van der Waals surface area contributed by atoms with E-state index in [0.717, 1.165) is 0 Å². The average molecular weight is 448 g/mol. The number of hydrogen-bond acceptors (Lipinski definition) is 0. The first-order valence-electron chi connectivity index (χ1n) is 12.5. The highest BCUT2D eigenvalue weighted by Crippen LogP contribution is 2.60. The largest absolute Gasteiger partial charge is 0.309 e. The molecule has 0 amide bonds. The first kappa shape index (κ1) is 19.2. The molecule has 1 spiro atoms. The van der Waals surface area contributed by atoms with Crippen LogP contribution in [-0.2, 0) is 10.8 Å². The van der Waals surface area contributed by atoms with E-state index in [9.17, 15) is 0 Å². The molecule has 2 aliphatic rings. The predicted molar refractivity (Wildman–Crippen MR) is 145 cm³/mol. The van der Waals surface area contributed by atoms with E-state index in [2.05, 4.69) is 134 Å². The zero-order chi connectivity index (χ0) is 23.4. The maximum atomic E-state index is 2.51. The van der Waals surface area contributed by atoms with Crippen LogP contribution in [0.15, 0.2) is 115 Å². The number of fused-ring (bicyclic) bond motifs is 11. The lowest BCUT2D eigenvalue weighted by Gasteiger charge is -2.50. The van der Waals surface area contributed by atoms with Gasteiger partial charge >= 0.3 is 0 Å². The van der Waals surface area contributed by atoms with Crippen LogP contribution in [0.5, 0.6) is 0 Å². The third-order valence-electron chi connectivity index (χ3n) is 8.66. The summed E-state index contributed by atoms with van der Waals surface area (Å²) in [6.07, 6.45) is 0. The molecule has 1 aliphatic carbocycles. The van der Waals surface area contributed by atoms with Crippen LogP contribution < -0.4 is 0 Å². The average Bonchev–Trinajstić information content (AvgIpc) is 3.25. The number of hydrogen-bond donors (Lipinski definition) is 0. The van der Waals surface area contributed by atoms with E-state index in [1.165, 1.54) is 60.9 Å². The van der Waals surface area contributed by atoms with E-state index < -0.39 is 0 Å². The van der Waals surface area contributed by atoms with Crippen molar-refractivity contribution in [2.75, 3.05) is 0 Å². The van der Waals surface area contributed by atoms with Gasteiger partial charge in [-0.25, -0.2) is 0 Å². The molecule has 5 aromatic carbocycles. The van der Waals surface area contributed by atoms with Crippen LogP contribution in [0.2, 0.25) is 0 Å². The number of rotatable bonds is 0. The lowest BCUT2D eigenvalue weighted by Crippen LogP contribution is -2.43. The van der Waals surface area contributed by atoms with E-state index in [-0.39, 0.29) is 10.8 Å². The molecule has 0 saturated carbocycles. The monoisotopic (exact) mass is 447 g/mol. The van der Waals surface area contributed by atoms with Gasteiger partial charge in [0.05, 0.1) is 22.1 Å². The Balaban J connectivity index is 1.70. The summed E-state index contributed by atoms with van der Waals surface area (Å²) in [5, 5.41) is 2.64. The van der Waals surface area contributed by atoms with Gasteiger partial charge in [-0.2, -0.15) is 0 Å². The van der Waals surface area contributed by atoms with Gasteiger partial charge in [-0.1, -0.05) is 117 Å². The Bertz CT molecular complexity index is 1780. The Morgan fingerprint density at radius 3 is 1.69 bits per heavy atom. The maximum Gasteiger partial charge on any atom is 0.0748 e. The molecular weight excluding hydrogens is 422 g/mol. The summed E-state index contributed by atoms with van der Waals surface area (Å²) in [7, 11) is 0. The molecule has 1 aliphatic heterocycles. The minimum absolute atomic E-state index is 0.0779. The highest BCUT2D eigenvalue weighted by atomic mass is 15.0. The summed E-state index contributed by atoms with van der Waals surface area (Å²) in [6, 6.07) is 43.1. The molecule has 166 valence electrons. The smallest absolute Gasteiger partial charge is 0.0748 e. The summed E-state index contributed by atoms with van der Waals surface area (Å²) < 4.78 is 2.51. The standard InChI is InChI=1S/C34H25N/c1-33(2)24-14-4-6-16-26(24)34(27-17-7-5-15-25(27)33)28-18-8-10-21-31(28)35-30-20-9-3-12-22(30)23-13-11-19-29(34)32(23)35/h3-21H,1-2H3. The van der Waals surface area contributed by atoms with Crippen LogP contribution in [-0.4, -0.2) is 4.57 Å². The third kappa shape index (κ3) is 2.08. The third-order valence-corrected chi connectivity index (χ3v) is 8.66. The molecule has 6 aromatic rings. The summed E-state index contributed by atoms with van der Waals surface area (Å²) >= 11 is 0. The number of nitrogens with zero attached hydrogens (tertiary/aromatic N) is 1. The Kier molecular flexibility index (Phi) is 3.47. The maximum absolute atomic E-state index is 2.51. The quantitative estimate of drug-likeness (QED) is 0.221. The number of para-hydroxylation sites is 3. The van der Waals surface area contributed by atoms with Gasteiger partial charge < -0.3 is 4.57 Å². The zero-order valence-corrected chi connectivity index (χ0v) is 19.9. The molecule has 0 fully saturated rings. The van der Waals surface area contributed by atoms with Gasteiger partial charge in [0.1, 0.15) is 0 Å². The topological polar surface area (TPSA) is 4.93 Å². The lowest BCUT2D eigenvalue weighted by molar-refractivity contribution is 0.556. The van der Waals surface area contributed by atoms with Crippen LogP contribution in [0, 0.1) is 0 Å². The normalized spacial score (nSPS) is 16.2. The van der Waals surface area contributed by atoms with Crippen molar-refractivity contribution in [2.45, 2.75) is 24.7 Å². The summed E-state index contributed by atoms with van der Waals surface area (Å²) in [5.41, 5.74) is 11.8. The van der Waals surface area contributed by atoms with E-state index in [0.29, 0.717) is 0 Å². The van der Waals surface area contributed by atoms with Crippen LogP contribution in [0.3, 0.4) is 0 Å². The Hall–Kier alpha value is -4.10. The fourth-order valence-electron chi connectivity index (χ4n) is 7.28. The van der Waals surface area contributed by atoms with E-state index in [1.807, 2.05) is 0 Å². The first-order chi connectivity index (χ1) is 17.1. The fraction of sp³-hybridized carbons (Fsp3) is 0.118. The van der Waals surface area contributed by atoms with Crippen LogP contribution >= 0.6 is 0 Å². The van der Waals surface area contributed by atoms with Crippen molar-refractivity contribution in [3.05, 3.63) is 149 Å². The number of aromatic nitrogens is 1. The Labute approximate surface area is 205 Å². The van der Waals surface area contributed by atoms with Crippen molar-refractivity contribution in [3.8, 4) is 5.69 Å².